The summed E-state index contributed by atoms with van der Waals surface area (Å²) in [4.78, 5) is 4.11. The van der Waals surface area contributed by atoms with Crippen molar-refractivity contribution in [1.82, 2.24) is 10.1 Å². The van der Waals surface area contributed by atoms with Crippen LogP contribution in [0.1, 0.15) is 17.0 Å². The zero-order valence-corrected chi connectivity index (χ0v) is 12.7. The quantitative estimate of drug-likeness (QED) is 0.697. The van der Waals surface area contributed by atoms with Crippen molar-refractivity contribution in [1.29, 1.82) is 0 Å². The molecule has 2 aromatic carbocycles. The Bertz CT molecular complexity index is 826. The Kier molecular flexibility index (Phi) is 4.24. The summed E-state index contributed by atoms with van der Waals surface area (Å²) in [5.41, 5.74) is 0.521. The predicted molar refractivity (Wildman–Crippen MR) is 80.2 cm³/mol. The van der Waals surface area contributed by atoms with E-state index in [2.05, 4.69) is 10.1 Å². The summed E-state index contributed by atoms with van der Waals surface area (Å²) < 4.78 is 48.5. The Hall–Kier alpha value is -2.83. The number of hydrogen-bond donors (Lipinski definition) is 0. The fraction of sp³-hybridized carbons (Fsp3) is 0.176. The van der Waals surface area contributed by atoms with Crippen molar-refractivity contribution in [2.24, 2.45) is 0 Å². The molecular weight excluding hydrogens is 321 g/mol. The van der Waals surface area contributed by atoms with Gasteiger partial charge < -0.3 is 9.26 Å². The molecule has 0 N–H and O–H groups in total. The summed E-state index contributed by atoms with van der Waals surface area (Å²) in [6.45, 7) is 1.74. The summed E-state index contributed by atoms with van der Waals surface area (Å²) in [5.74, 6) is 1.48. The van der Waals surface area contributed by atoms with Crippen LogP contribution in [0.4, 0.5) is 13.2 Å². The molecule has 0 fully saturated rings. The van der Waals surface area contributed by atoms with Gasteiger partial charge in [0.15, 0.2) is 0 Å². The lowest BCUT2D eigenvalue weighted by Crippen LogP contribution is -2.06. The van der Waals surface area contributed by atoms with E-state index in [1.54, 1.807) is 37.3 Å². The predicted octanol–water partition coefficient (Wildman–Crippen LogP) is 4.64. The number of ether oxygens (including phenoxy) is 1. The Morgan fingerprint density at radius 1 is 1.08 bits per heavy atom. The fourth-order valence-electron chi connectivity index (χ4n) is 2.12. The molecule has 0 aliphatic carbocycles. The van der Waals surface area contributed by atoms with Crippen molar-refractivity contribution in [3.05, 3.63) is 65.5 Å². The first-order valence-electron chi connectivity index (χ1n) is 7.11. The average Bonchev–Trinajstić information content (AvgIpc) is 2.99. The molecule has 124 valence electrons. The molecule has 0 spiro atoms. The number of alkyl halides is 3. The molecule has 3 aromatic rings. The van der Waals surface area contributed by atoms with Crippen molar-refractivity contribution in [2.75, 3.05) is 0 Å². The van der Waals surface area contributed by atoms with Crippen LogP contribution in [-0.4, -0.2) is 10.1 Å². The van der Waals surface area contributed by atoms with Crippen LogP contribution in [0.25, 0.3) is 11.4 Å². The van der Waals surface area contributed by atoms with Crippen molar-refractivity contribution in [3.63, 3.8) is 0 Å². The van der Waals surface area contributed by atoms with Gasteiger partial charge in [0.1, 0.15) is 12.4 Å². The van der Waals surface area contributed by atoms with Gasteiger partial charge in [-0.25, -0.2) is 0 Å². The van der Waals surface area contributed by atoms with E-state index in [1.807, 2.05) is 0 Å². The van der Waals surface area contributed by atoms with Crippen molar-refractivity contribution >= 4 is 0 Å². The zero-order valence-electron chi connectivity index (χ0n) is 12.7. The monoisotopic (exact) mass is 334 g/mol. The van der Waals surface area contributed by atoms with Crippen LogP contribution in [0.2, 0.25) is 0 Å². The van der Waals surface area contributed by atoms with Gasteiger partial charge in [0, 0.05) is 12.5 Å². The van der Waals surface area contributed by atoms with E-state index in [-0.39, 0.29) is 6.61 Å². The van der Waals surface area contributed by atoms with Gasteiger partial charge in [-0.2, -0.15) is 18.2 Å². The van der Waals surface area contributed by atoms with Crippen molar-refractivity contribution < 1.29 is 22.4 Å². The summed E-state index contributed by atoms with van der Waals surface area (Å²) in [6.07, 6.45) is -4.36. The second-order valence-electron chi connectivity index (χ2n) is 5.15. The molecule has 0 bridgehead atoms. The van der Waals surface area contributed by atoms with Crippen LogP contribution in [0.3, 0.4) is 0 Å². The molecule has 0 saturated carbocycles. The molecule has 1 aromatic heterocycles. The molecule has 24 heavy (non-hydrogen) atoms. The van der Waals surface area contributed by atoms with Crippen LogP contribution < -0.4 is 4.74 Å². The zero-order chi connectivity index (χ0) is 17.2. The van der Waals surface area contributed by atoms with Gasteiger partial charge in [-0.1, -0.05) is 17.3 Å². The number of benzene rings is 2. The highest BCUT2D eigenvalue weighted by Crippen LogP contribution is 2.29. The maximum Gasteiger partial charge on any atom is 0.416 e. The molecule has 0 saturated heterocycles. The van der Waals surface area contributed by atoms with E-state index < -0.39 is 11.7 Å². The molecule has 0 radical (unpaired) electrons. The maximum absolute atomic E-state index is 12.7. The first kappa shape index (κ1) is 16.0. The van der Waals surface area contributed by atoms with Gasteiger partial charge in [-0.3, -0.25) is 0 Å². The lowest BCUT2D eigenvalue weighted by Gasteiger charge is -2.10. The molecule has 1 heterocycles. The van der Waals surface area contributed by atoms with Gasteiger partial charge >= 0.3 is 6.18 Å². The van der Waals surface area contributed by atoms with Gasteiger partial charge in [-0.05, 0) is 42.0 Å². The molecule has 0 aliphatic rings. The normalized spacial score (nSPS) is 11.5. The van der Waals surface area contributed by atoms with E-state index >= 15 is 0 Å². The number of nitrogens with zero attached hydrogens (tertiary/aromatic N) is 2. The molecule has 4 nitrogen and oxygen atoms in total. The molecule has 0 unspecified atom stereocenters. The standard InChI is InChI=1S/C17H13F3N2O2/c1-11-21-16(22-24-11)13-5-7-15(8-6-13)23-10-12-3-2-4-14(9-12)17(18,19)20/h2-9H,10H2,1H3. The van der Waals surface area contributed by atoms with Crippen molar-refractivity contribution in [2.45, 2.75) is 19.7 Å². The lowest BCUT2D eigenvalue weighted by molar-refractivity contribution is -0.137. The van der Waals surface area contributed by atoms with Crippen LogP contribution in [0.15, 0.2) is 53.1 Å². The van der Waals surface area contributed by atoms with Gasteiger partial charge in [0.2, 0.25) is 11.7 Å². The topological polar surface area (TPSA) is 48.2 Å². The summed E-state index contributed by atoms with van der Waals surface area (Å²) >= 11 is 0. The number of aromatic nitrogens is 2. The molecule has 0 aliphatic heterocycles. The molecular formula is C17H13F3N2O2. The van der Waals surface area contributed by atoms with E-state index in [1.165, 1.54) is 6.07 Å². The third-order valence-corrected chi connectivity index (χ3v) is 3.30. The van der Waals surface area contributed by atoms with Crippen molar-refractivity contribution in [3.8, 4) is 17.1 Å². The summed E-state index contributed by atoms with van der Waals surface area (Å²) in [5, 5.41) is 3.81. The molecule has 3 rings (SSSR count). The third kappa shape index (κ3) is 3.73. The first-order valence-corrected chi connectivity index (χ1v) is 7.11. The average molecular weight is 334 g/mol. The smallest absolute Gasteiger partial charge is 0.416 e. The SMILES string of the molecule is Cc1nc(-c2ccc(OCc3cccc(C(F)(F)F)c3)cc2)no1. The molecule has 0 amide bonds. The fourth-order valence-corrected chi connectivity index (χ4v) is 2.12. The van der Waals surface area contributed by atoms with Crippen LogP contribution in [0.5, 0.6) is 5.75 Å². The van der Waals surface area contributed by atoms with Crippen LogP contribution >= 0.6 is 0 Å². The van der Waals surface area contributed by atoms with E-state index in [9.17, 15) is 13.2 Å². The van der Waals surface area contributed by atoms with Crippen LogP contribution in [0, 0.1) is 6.92 Å². The minimum Gasteiger partial charge on any atom is -0.489 e. The Labute approximate surface area is 135 Å². The summed E-state index contributed by atoms with van der Waals surface area (Å²) in [6, 6.07) is 12.0. The first-order chi connectivity index (χ1) is 11.4. The third-order valence-electron chi connectivity index (χ3n) is 3.30. The van der Waals surface area contributed by atoms with E-state index in [0.29, 0.717) is 23.0 Å². The highest BCUT2D eigenvalue weighted by atomic mass is 19.4. The number of rotatable bonds is 4. The number of hydrogen-bond acceptors (Lipinski definition) is 4. The Balaban J connectivity index is 1.67. The minimum absolute atomic E-state index is 0.0462. The summed E-state index contributed by atoms with van der Waals surface area (Å²) in [7, 11) is 0. The lowest BCUT2D eigenvalue weighted by atomic mass is 10.1. The minimum atomic E-state index is -4.36. The van der Waals surface area contributed by atoms with E-state index in [4.69, 9.17) is 9.26 Å². The highest BCUT2D eigenvalue weighted by Gasteiger charge is 2.30. The maximum atomic E-state index is 12.7. The molecule has 0 atom stereocenters. The Morgan fingerprint density at radius 2 is 1.83 bits per heavy atom. The number of halogens is 3. The van der Waals surface area contributed by atoms with E-state index in [0.717, 1.165) is 17.7 Å². The highest BCUT2D eigenvalue weighted by molar-refractivity contribution is 5.55. The van der Waals surface area contributed by atoms with Crippen LogP contribution in [-0.2, 0) is 12.8 Å². The number of aryl methyl sites for hydroxylation is 1. The van der Waals surface area contributed by atoms with Gasteiger partial charge in [-0.15, -0.1) is 0 Å². The molecule has 7 heteroatoms. The second-order valence-corrected chi connectivity index (χ2v) is 5.15. The Morgan fingerprint density at radius 3 is 2.46 bits per heavy atom. The largest absolute Gasteiger partial charge is 0.489 e. The van der Waals surface area contributed by atoms with Gasteiger partial charge in [0.05, 0.1) is 5.56 Å². The van der Waals surface area contributed by atoms with Gasteiger partial charge in [0.25, 0.3) is 0 Å². The second kappa shape index (κ2) is 6.35.